The number of hydrogen-bond acceptors (Lipinski definition) is 5. The maximum Gasteiger partial charge on any atom is 0.336 e. The molecular formula is C17H13N3O2. The second kappa shape index (κ2) is 7.50. The van der Waals surface area contributed by atoms with Crippen LogP contribution in [0.25, 0.3) is 11.4 Å². The van der Waals surface area contributed by atoms with E-state index in [1.165, 1.54) is 18.5 Å². The van der Waals surface area contributed by atoms with Gasteiger partial charge in [-0.15, -0.1) is 0 Å². The van der Waals surface area contributed by atoms with E-state index in [0.29, 0.717) is 17.1 Å². The molecule has 0 spiro atoms. The van der Waals surface area contributed by atoms with Crippen molar-refractivity contribution in [2.75, 3.05) is 0 Å². The van der Waals surface area contributed by atoms with E-state index in [2.05, 4.69) is 9.97 Å². The minimum absolute atomic E-state index is 0.405. The first-order valence-electron chi connectivity index (χ1n) is 6.56. The van der Waals surface area contributed by atoms with Gasteiger partial charge in [0.15, 0.2) is 5.82 Å². The van der Waals surface area contributed by atoms with Gasteiger partial charge in [-0.3, -0.25) is 0 Å². The van der Waals surface area contributed by atoms with E-state index in [1.807, 2.05) is 19.1 Å². The number of nitrogens with zero attached hydrogens (tertiary/aromatic N) is 3. The van der Waals surface area contributed by atoms with Crippen LogP contribution in [0.3, 0.4) is 0 Å². The lowest BCUT2D eigenvalue weighted by molar-refractivity contribution is -0.128. The fourth-order valence-corrected chi connectivity index (χ4v) is 1.60. The Kier molecular flexibility index (Phi) is 5.16. The van der Waals surface area contributed by atoms with Crippen LogP contribution in [0.2, 0.25) is 0 Å². The molecule has 0 aliphatic rings. The number of hydrogen-bond donors (Lipinski definition) is 0. The number of aromatic nitrogens is 2. The lowest BCUT2D eigenvalue weighted by Gasteiger charge is -2.03. The average Bonchev–Trinajstić information content (AvgIpc) is 2.56. The Bertz CT molecular complexity index is 739. The molecule has 22 heavy (non-hydrogen) atoms. The van der Waals surface area contributed by atoms with Crippen molar-refractivity contribution in [2.24, 2.45) is 0 Å². The maximum atomic E-state index is 11.5. The van der Waals surface area contributed by atoms with Crippen LogP contribution in [-0.2, 0) is 4.79 Å². The van der Waals surface area contributed by atoms with Gasteiger partial charge in [0.25, 0.3) is 0 Å². The molecule has 0 saturated carbocycles. The lowest BCUT2D eigenvalue weighted by atomic mass is 10.2. The smallest absolute Gasteiger partial charge is 0.336 e. The summed E-state index contributed by atoms with van der Waals surface area (Å²) in [4.78, 5) is 19.7. The molecule has 2 rings (SSSR count). The summed E-state index contributed by atoms with van der Waals surface area (Å²) in [6, 6.07) is 8.79. The molecular weight excluding hydrogens is 278 g/mol. The Balaban J connectivity index is 2.06. The minimum atomic E-state index is -0.444. The van der Waals surface area contributed by atoms with Gasteiger partial charge in [0.2, 0.25) is 0 Å². The van der Waals surface area contributed by atoms with Crippen molar-refractivity contribution < 1.29 is 9.53 Å². The highest BCUT2D eigenvalue weighted by Crippen LogP contribution is 2.19. The Morgan fingerprint density at radius 3 is 2.45 bits per heavy atom. The molecule has 0 aliphatic carbocycles. The number of carbonyl (C=O) groups excluding carboxylic acids is 1. The topological polar surface area (TPSA) is 75.9 Å². The fraction of sp³-hybridized carbons (Fsp3) is 0.0588. The second-order valence-corrected chi connectivity index (χ2v) is 4.24. The van der Waals surface area contributed by atoms with Gasteiger partial charge in [0, 0.05) is 24.0 Å². The third-order valence-corrected chi connectivity index (χ3v) is 2.65. The van der Waals surface area contributed by atoms with Gasteiger partial charge in [0.1, 0.15) is 11.8 Å². The Labute approximate surface area is 128 Å². The third kappa shape index (κ3) is 4.12. The third-order valence-electron chi connectivity index (χ3n) is 2.65. The molecule has 0 saturated heterocycles. The van der Waals surface area contributed by atoms with E-state index in [9.17, 15) is 4.79 Å². The number of rotatable bonds is 4. The van der Waals surface area contributed by atoms with Crippen molar-refractivity contribution in [1.29, 1.82) is 5.26 Å². The number of carbonyl (C=O) groups is 1. The van der Waals surface area contributed by atoms with Gasteiger partial charge in [-0.05, 0) is 31.2 Å². The molecule has 5 heteroatoms. The summed E-state index contributed by atoms with van der Waals surface area (Å²) < 4.78 is 5.14. The van der Waals surface area contributed by atoms with Crippen LogP contribution in [0.5, 0.6) is 5.75 Å². The molecule has 1 aromatic heterocycles. The van der Waals surface area contributed by atoms with E-state index in [-0.39, 0.29) is 0 Å². The quantitative estimate of drug-likeness (QED) is 0.374. The van der Waals surface area contributed by atoms with E-state index >= 15 is 0 Å². The molecule has 5 nitrogen and oxygen atoms in total. The highest BCUT2D eigenvalue weighted by molar-refractivity contribution is 5.84. The summed E-state index contributed by atoms with van der Waals surface area (Å²) in [5.41, 5.74) is 1.18. The molecule has 2 aromatic rings. The fourth-order valence-electron chi connectivity index (χ4n) is 1.60. The predicted octanol–water partition coefficient (Wildman–Crippen LogP) is 3.05. The summed E-state index contributed by atoms with van der Waals surface area (Å²) in [6.07, 6.45) is 9.44. The summed E-state index contributed by atoms with van der Waals surface area (Å²) in [5, 5.41) is 8.71. The number of ether oxygens (including phenoxy) is 1. The van der Waals surface area contributed by atoms with Crippen LogP contribution in [0.4, 0.5) is 0 Å². The van der Waals surface area contributed by atoms with Crippen molar-refractivity contribution in [1.82, 2.24) is 9.97 Å². The molecule has 1 heterocycles. The molecule has 0 aliphatic heterocycles. The van der Waals surface area contributed by atoms with Gasteiger partial charge in [-0.2, -0.15) is 5.26 Å². The standard InChI is InChI=1S/C17H13N3O2/c1-2-3-4-5-16(21)22-15-8-6-14(7-9-15)17-19-11-13(10-18)12-20-17/h2-9,11-12H,1H3. The van der Waals surface area contributed by atoms with Gasteiger partial charge >= 0.3 is 5.97 Å². The second-order valence-electron chi connectivity index (χ2n) is 4.24. The van der Waals surface area contributed by atoms with Gasteiger partial charge < -0.3 is 4.74 Å². The number of esters is 1. The van der Waals surface area contributed by atoms with Crippen LogP contribution in [0, 0.1) is 11.3 Å². The number of allylic oxidation sites excluding steroid dienone is 3. The summed E-state index contributed by atoms with van der Waals surface area (Å²) >= 11 is 0. The molecule has 0 bridgehead atoms. The zero-order valence-electron chi connectivity index (χ0n) is 11.9. The molecule has 0 N–H and O–H groups in total. The molecule has 0 atom stereocenters. The van der Waals surface area contributed by atoms with E-state index in [0.717, 1.165) is 5.56 Å². The largest absolute Gasteiger partial charge is 0.423 e. The van der Waals surface area contributed by atoms with Crippen LogP contribution in [-0.4, -0.2) is 15.9 Å². The molecule has 0 amide bonds. The van der Waals surface area contributed by atoms with Crippen molar-refractivity contribution in [3.8, 4) is 23.2 Å². The Hall–Kier alpha value is -3.26. The van der Waals surface area contributed by atoms with Crippen LogP contribution < -0.4 is 4.74 Å². The molecule has 0 radical (unpaired) electrons. The zero-order valence-corrected chi connectivity index (χ0v) is 11.9. The number of benzene rings is 1. The van der Waals surface area contributed by atoms with E-state index in [4.69, 9.17) is 10.00 Å². The van der Waals surface area contributed by atoms with Crippen molar-refractivity contribution >= 4 is 5.97 Å². The monoisotopic (exact) mass is 291 g/mol. The molecule has 0 unspecified atom stereocenters. The predicted molar refractivity (Wildman–Crippen MR) is 81.8 cm³/mol. The summed E-state index contributed by atoms with van der Waals surface area (Å²) in [7, 11) is 0. The minimum Gasteiger partial charge on any atom is -0.423 e. The summed E-state index contributed by atoms with van der Waals surface area (Å²) in [6.45, 7) is 1.86. The zero-order chi connectivity index (χ0) is 15.8. The van der Waals surface area contributed by atoms with Crippen molar-refractivity contribution in [3.63, 3.8) is 0 Å². The van der Waals surface area contributed by atoms with Gasteiger partial charge in [0.05, 0.1) is 5.56 Å². The Morgan fingerprint density at radius 2 is 1.86 bits per heavy atom. The van der Waals surface area contributed by atoms with Crippen molar-refractivity contribution in [2.45, 2.75) is 6.92 Å². The first-order valence-corrected chi connectivity index (χ1v) is 6.56. The van der Waals surface area contributed by atoms with Gasteiger partial charge in [-0.1, -0.05) is 18.2 Å². The SMILES string of the molecule is CC=CC=CC(=O)Oc1ccc(-c2ncc(C#N)cn2)cc1. The number of nitriles is 1. The van der Waals surface area contributed by atoms with Crippen LogP contribution in [0.1, 0.15) is 12.5 Å². The first kappa shape index (κ1) is 15.1. The van der Waals surface area contributed by atoms with Crippen LogP contribution >= 0.6 is 0 Å². The first-order chi connectivity index (χ1) is 10.7. The van der Waals surface area contributed by atoms with E-state index in [1.54, 1.807) is 36.4 Å². The van der Waals surface area contributed by atoms with Gasteiger partial charge in [-0.25, -0.2) is 14.8 Å². The lowest BCUT2D eigenvalue weighted by Crippen LogP contribution is -2.03. The highest BCUT2D eigenvalue weighted by atomic mass is 16.5. The Morgan fingerprint density at radius 1 is 1.18 bits per heavy atom. The molecule has 1 aromatic carbocycles. The summed E-state index contributed by atoms with van der Waals surface area (Å²) in [5.74, 6) is 0.498. The molecule has 108 valence electrons. The highest BCUT2D eigenvalue weighted by Gasteiger charge is 2.04. The average molecular weight is 291 g/mol. The normalized spacial score (nSPS) is 10.7. The molecule has 0 fully saturated rings. The maximum absolute atomic E-state index is 11.5. The van der Waals surface area contributed by atoms with E-state index < -0.39 is 5.97 Å². The van der Waals surface area contributed by atoms with Crippen LogP contribution in [0.15, 0.2) is 61.0 Å². The van der Waals surface area contributed by atoms with Crippen molar-refractivity contribution in [3.05, 3.63) is 66.5 Å².